The van der Waals surface area contributed by atoms with Gasteiger partial charge in [-0.2, -0.15) is 10.2 Å². The van der Waals surface area contributed by atoms with E-state index in [-0.39, 0.29) is 23.2 Å². The summed E-state index contributed by atoms with van der Waals surface area (Å²) in [7, 11) is 1.59. The molecule has 0 radical (unpaired) electrons. The van der Waals surface area contributed by atoms with Crippen molar-refractivity contribution in [2.75, 3.05) is 7.11 Å². The predicted molar refractivity (Wildman–Crippen MR) is 96.6 cm³/mol. The first-order valence-corrected chi connectivity index (χ1v) is 8.87. The Kier molecular flexibility index (Phi) is 3.99. The van der Waals surface area contributed by atoms with Crippen LogP contribution in [0.15, 0.2) is 30.4 Å². The minimum absolute atomic E-state index is 0.0779. The van der Waals surface area contributed by atoms with E-state index in [1.165, 1.54) is 6.33 Å². The summed E-state index contributed by atoms with van der Waals surface area (Å²) in [5.74, 6) is 0.766. The standard InChI is InChI=1S/C20H19N5O2/c1-11-15-5-4-14-17(20(15,2)6-12(7-21)16(11)26)24-18(25-19(14)27-3)13-8-22-10-23-9-13/h6,8-11,15H,4-5H2,1-3H3/t11-,15?,20-/m0/s1. The minimum Gasteiger partial charge on any atom is -0.481 e. The molecule has 4 rings (SSSR count). The van der Waals surface area contributed by atoms with Crippen molar-refractivity contribution in [3.63, 3.8) is 0 Å². The fourth-order valence-corrected chi connectivity index (χ4v) is 4.45. The molecule has 0 saturated carbocycles. The van der Waals surface area contributed by atoms with Gasteiger partial charge in [0.05, 0.1) is 23.9 Å². The van der Waals surface area contributed by atoms with Crippen molar-refractivity contribution in [1.29, 1.82) is 5.26 Å². The number of aromatic nitrogens is 4. The molecule has 2 aliphatic rings. The van der Waals surface area contributed by atoms with E-state index in [0.717, 1.165) is 24.1 Å². The molecule has 2 heterocycles. The van der Waals surface area contributed by atoms with Crippen LogP contribution < -0.4 is 4.74 Å². The van der Waals surface area contributed by atoms with Gasteiger partial charge in [0.25, 0.3) is 0 Å². The van der Waals surface area contributed by atoms with Gasteiger partial charge in [0.15, 0.2) is 11.6 Å². The van der Waals surface area contributed by atoms with E-state index in [1.54, 1.807) is 25.6 Å². The largest absolute Gasteiger partial charge is 0.481 e. The number of ketones is 1. The van der Waals surface area contributed by atoms with Crippen molar-refractivity contribution in [1.82, 2.24) is 19.9 Å². The molecule has 27 heavy (non-hydrogen) atoms. The molecule has 0 fully saturated rings. The van der Waals surface area contributed by atoms with Crippen LogP contribution in [-0.2, 0) is 16.6 Å². The van der Waals surface area contributed by atoms with Gasteiger partial charge in [-0.1, -0.05) is 19.9 Å². The lowest BCUT2D eigenvalue weighted by Crippen LogP contribution is -2.46. The summed E-state index contributed by atoms with van der Waals surface area (Å²) in [5, 5.41) is 9.45. The van der Waals surface area contributed by atoms with Crippen LogP contribution in [-0.4, -0.2) is 32.8 Å². The molecule has 0 bridgehead atoms. The second-order valence-corrected chi connectivity index (χ2v) is 7.26. The Hall–Kier alpha value is -3.14. The summed E-state index contributed by atoms with van der Waals surface area (Å²) in [4.78, 5) is 30.0. The zero-order valence-electron chi connectivity index (χ0n) is 15.4. The molecule has 0 aliphatic heterocycles. The van der Waals surface area contributed by atoms with Crippen LogP contribution in [0.5, 0.6) is 5.88 Å². The minimum atomic E-state index is -0.535. The molecular weight excluding hydrogens is 342 g/mol. The SMILES string of the molecule is COc1nc(-c2cncnc2)nc2c1CCC1[C@H](C)C(=O)C(C#N)=C[C@]21C. The van der Waals surface area contributed by atoms with Gasteiger partial charge in [0, 0.05) is 29.3 Å². The van der Waals surface area contributed by atoms with E-state index in [0.29, 0.717) is 17.3 Å². The molecule has 7 heteroatoms. The summed E-state index contributed by atoms with van der Waals surface area (Å²) < 4.78 is 5.56. The van der Waals surface area contributed by atoms with Gasteiger partial charge >= 0.3 is 0 Å². The molecule has 2 aromatic rings. The number of Topliss-reactive ketones (excluding diaryl/α,β-unsaturated/α-hetero) is 1. The molecule has 0 aromatic carbocycles. The number of fused-ring (bicyclic) bond motifs is 3. The second-order valence-electron chi connectivity index (χ2n) is 7.26. The van der Waals surface area contributed by atoms with E-state index in [1.807, 2.05) is 13.8 Å². The van der Waals surface area contributed by atoms with Crippen LogP contribution in [0.1, 0.15) is 31.5 Å². The summed E-state index contributed by atoms with van der Waals surface area (Å²) in [6.07, 6.45) is 8.10. The molecule has 0 saturated heterocycles. The van der Waals surface area contributed by atoms with Crippen LogP contribution in [0.4, 0.5) is 0 Å². The van der Waals surface area contributed by atoms with E-state index in [9.17, 15) is 10.1 Å². The molecule has 7 nitrogen and oxygen atoms in total. The van der Waals surface area contributed by atoms with Crippen molar-refractivity contribution < 1.29 is 9.53 Å². The number of hydrogen-bond donors (Lipinski definition) is 0. The normalized spacial score (nSPS) is 26.4. The van der Waals surface area contributed by atoms with E-state index < -0.39 is 5.41 Å². The van der Waals surface area contributed by atoms with Crippen LogP contribution >= 0.6 is 0 Å². The lowest BCUT2D eigenvalue weighted by Gasteiger charge is -2.45. The number of carbonyl (C=O) groups is 1. The number of carbonyl (C=O) groups excluding carboxylic acids is 1. The molecule has 136 valence electrons. The maximum atomic E-state index is 12.5. The van der Waals surface area contributed by atoms with Crippen LogP contribution in [0.25, 0.3) is 11.4 Å². The Bertz CT molecular complexity index is 995. The lowest BCUT2D eigenvalue weighted by molar-refractivity contribution is -0.121. The van der Waals surface area contributed by atoms with Gasteiger partial charge in [-0.05, 0) is 18.8 Å². The number of methoxy groups -OCH3 is 1. The third-order valence-electron chi connectivity index (χ3n) is 5.81. The lowest BCUT2D eigenvalue weighted by atomic mass is 9.58. The van der Waals surface area contributed by atoms with E-state index >= 15 is 0 Å². The first-order chi connectivity index (χ1) is 13.0. The monoisotopic (exact) mass is 361 g/mol. The zero-order chi connectivity index (χ0) is 19.2. The van der Waals surface area contributed by atoms with Crippen molar-refractivity contribution in [2.45, 2.75) is 32.1 Å². The third kappa shape index (κ3) is 2.52. The Morgan fingerprint density at radius 1 is 1.30 bits per heavy atom. The number of rotatable bonds is 2. The molecule has 0 spiro atoms. The first-order valence-electron chi connectivity index (χ1n) is 8.87. The van der Waals surface area contributed by atoms with E-state index in [4.69, 9.17) is 9.72 Å². The molecular formula is C20H19N5O2. The van der Waals surface area contributed by atoms with Crippen molar-refractivity contribution >= 4 is 5.78 Å². The van der Waals surface area contributed by atoms with Gasteiger partial charge < -0.3 is 4.74 Å². The van der Waals surface area contributed by atoms with Gasteiger partial charge in [-0.25, -0.2) is 15.0 Å². The molecule has 1 unspecified atom stereocenters. The number of ether oxygens (including phenoxy) is 1. The third-order valence-corrected chi connectivity index (χ3v) is 5.81. The van der Waals surface area contributed by atoms with Crippen LogP contribution in [0.3, 0.4) is 0 Å². The van der Waals surface area contributed by atoms with Crippen molar-refractivity contribution in [2.24, 2.45) is 11.8 Å². The Labute approximate surface area is 157 Å². The highest BCUT2D eigenvalue weighted by Crippen LogP contribution is 2.50. The molecule has 0 amide bonds. The fourth-order valence-electron chi connectivity index (χ4n) is 4.45. The molecule has 3 atom stereocenters. The number of nitrogens with zero attached hydrogens (tertiary/aromatic N) is 5. The molecule has 0 N–H and O–H groups in total. The maximum Gasteiger partial charge on any atom is 0.220 e. The second kappa shape index (κ2) is 6.23. The van der Waals surface area contributed by atoms with Crippen LogP contribution in [0, 0.1) is 23.2 Å². The van der Waals surface area contributed by atoms with E-state index in [2.05, 4.69) is 21.0 Å². The number of hydrogen-bond acceptors (Lipinski definition) is 7. The van der Waals surface area contributed by atoms with Gasteiger partial charge in [0.1, 0.15) is 12.4 Å². The highest BCUT2D eigenvalue weighted by molar-refractivity contribution is 6.02. The van der Waals surface area contributed by atoms with Crippen LogP contribution in [0.2, 0.25) is 0 Å². The van der Waals surface area contributed by atoms with Gasteiger partial charge in [0.2, 0.25) is 5.88 Å². The first kappa shape index (κ1) is 17.3. The predicted octanol–water partition coefficient (Wildman–Crippen LogP) is 2.43. The molecule has 2 aliphatic carbocycles. The average Bonchev–Trinajstić information content (AvgIpc) is 2.70. The van der Waals surface area contributed by atoms with Crippen molar-refractivity contribution in [3.05, 3.63) is 41.6 Å². The summed E-state index contributed by atoms with van der Waals surface area (Å²) in [6, 6.07) is 2.06. The summed E-state index contributed by atoms with van der Waals surface area (Å²) in [5.41, 5.74) is 2.11. The van der Waals surface area contributed by atoms with Gasteiger partial charge in [-0.3, -0.25) is 4.79 Å². The highest BCUT2D eigenvalue weighted by atomic mass is 16.5. The quantitative estimate of drug-likeness (QED) is 0.809. The molecule has 2 aromatic heterocycles. The topological polar surface area (TPSA) is 102 Å². The smallest absolute Gasteiger partial charge is 0.220 e. The Balaban J connectivity index is 1.98. The number of nitriles is 1. The number of allylic oxidation sites excluding steroid dienone is 2. The zero-order valence-corrected chi connectivity index (χ0v) is 15.4. The Morgan fingerprint density at radius 3 is 2.70 bits per heavy atom. The van der Waals surface area contributed by atoms with Gasteiger partial charge in [-0.15, -0.1) is 0 Å². The summed E-state index contributed by atoms with van der Waals surface area (Å²) in [6.45, 7) is 3.96. The fraction of sp³-hybridized carbons (Fsp3) is 0.400. The summed E-state index contributed by atoms with van der Waals surface area (Å²) >= 11 is 0. The van der Waals surface area contributed by atoms with Crippen molar-refractivity contribution in [3.8, 4) is 23.3 Å². The highest BCUT2D eigenvalue weighted by Gasteiger charge is 2.49. The maximum absolute atomic E-state index is 12.5. The Morgan fingerprint density at radius 2 is 2.04 bits per heavy atom. The average molecular weight is 361 g/mol.